The molecule has 0 nitrogen and oxygen atoms in total. The van der Waals surface area contributed by atoms with Gasteiger partial charge in [-0.2, -0.15) is 0 Å². The molecular formula is C34H58. The van der Waals surface area contributed by atoms with Gasteiger partial charge >= 0.3 is 0 Å². The zero-order chi connectivity index (χ0) is 26.5. The van der Waals surface area contributed by atoms with Gasteiger partial charge in [0.1, 0.15) is 0 Å². The van der Waals surface area contributed by atoms with Crippen molar-refractivity contribution in [1.29, 1.82) is 0 Å². The van der Waals surface area contributed by atoms with Gasteiger partial charge in [0, 0.05) is 5.41 Å². The van der Waals surface area contributed by atoms with Gasteiger partial charge < -0.3 is 0 Å². The lowest BCUT2D eigenvalue weighted by molar-refractivity contribution is 0.423. The molecule has 0 rings (SSSR count). The van der Waals surface area contributed by atoms with Gasteiger partial charge in [0.15, 0.2) is 0 Å². The highest BCUT2D eigenvalue weighted by Gasteiger charge is 2.20. The van der Waals surface area contributed by atoms with Crippen LogP contribution in [0.1, 0.15) is 107 Å². The second-order valence-electron chi connectivity index (χ2n) is 11.9. The first-order valence-electron chi connectivity index (χ1n) is 13.7. The maximum Gasteiger partial charge on any atom is 0.00303 e. The van der Waals surface area contributed by atoms with Gasteiger partial charge in [0.05, 0.1) is 0 Å². The molecule has 194 valence electrons. The molecule has 0 aliphatic carbocycles. The third-order valence-electron chi connectivity index (χ3n) is 8.32. The van der Waals surface area contributed by atoms with Crippen molar-refractivity contribution in [3.05, 3.63) is 73.4 Å². The summed E-state index contributed by atoms with van der Waals surface area (Å²) in [6, 6.07) is 0. The Morgan fingerprint density at radius 3 is 1.53 bits per heavy atom. The van der Waals surface area contributed by atoms with E-state index in [2.05, 4.69) is 107 Å². The molecule has 0 unspecified atom stereocenters. The first-order chi connectivity index (χ1) is 15.7. The largest absolute Gasteiger partial charge is 0.102 e. The van der Waals surface area contributed by atoms with Crippen LogP contribution in [-0.2, 0) is 0 Å². The van der Waals surface area contributed by atoms with Crippen LogP contribution in [0.25, 0.3) is 0 Å². The summed E-state index contributed by atoms with van der Waals surface area (Å²) in [5.41, 5.74) is 5.37. The topological polar surface area (TPSA) is 0 Å². The lowest BCUT2D eigenvalue weighted by atomic mass is 9.79. The first kappa shape index (κ1) is 32.4. The Kier molecular flexibility index (Phi) is 15.4. The SMILES string of the molecule is C=C[C@@](C)(/C=C/[C@@H](C)CC[C@@H](C)C(=C)CC[C@@H](C)C(=C)C)CC[C@@H](C)C(=C)CC[C@@H](C)C(=C)C. The van der Waals surface area contributed by atoms with Crippen LogP contribution in [-0.4, -0.2) is 0 Å². The number of hydrogen-bond donors (Lipinski definition) is 0. The van der Waals surface area contributed by atoms with Crippen LogP contribution in [0.5, 0.6) is 0 Å². The minimum atomic E-state index is 0.0433. The van der Waals surface area contributed by atoms with Gasteiger partial charge in [-0.25, -0.2) is 0 Å². The molecule has 0 fully saturated rings. The molecule has 0 aromatic carbocycles. The normalized spacial score (nSPS) is 17.9. The molecule has 0 saturated carbocycles. The lowest BCUT2D eigenvalue weighted by Crippen LogP contribution is -2.13. The quantitative estimate of drug-likeness (QED) is 0.166. The van der Waals surface area contributed by atoms with E-state index in [9.17, 15) is 0 Å². The fraction of sp³-hybridized carbons (Fsp3) is 0.647. The molecule has 0 heteroatoms. The molecule has 34 heavy (non-hydrogen) atoms. The van der Waals surface area contributed by atoms with Gasteiger partial charge in [0.25, 0.3) is 0 Å². The fourth-order valence-electron chi connectivity index (χ4n) is 3.97. The van der Waals surface area contributed by atoms with Crippen LogP contribution in [0.4, 0.5) is 0 Å². The van der Waals surface area contributed by atoms with Crippen LogP contribution >= 0.6 is 0 Å². The summed E-state index contributed by atoms with van der Waals surface area (Å²) in [5.74, 6) is 2.86. The Bertz CT molecular complexity index is 702. The van der Waals surface area contributed by atoms with E-state index >= 15 is 0 Å². The summed E-state index contributed by atoms with van der Waals surface area (Å²) in [4.78, 5) is 0. The Morgan fingerprint density at radius 1 is 0.676 bits per heavy atom. The molecule has 0 spiro atoms. The van der Waals surface area contributed by atoms with E-state index in [1.807, 2.05) is 0 Å². The van der Waals surface area contributed by atoms with Crippen LogP contribution in [0.3, 0.4) is 0 Å². The first-order valence-corrected chi connectivity index (χ1v) is 13.7. The van der Waals surface area contributed by atoms with E-state index in [4.69, 9.17) is 0 Å². The van der Waals surface area contributed by atoms with Crippen molar-refractivity contribution in [2.45, 2.75) is 107 Å². The highest BCUT2D eigenvalue weighted by Crippen LogP contribution is 2.33. The molecule has 0 amide bonds. The highest BCUT2D eigenvalue weighted by molar-refractivity contribution is 5.10. The Labute approximate surface area is 215 Å². The Morgan fingerprint density at radius 2 is 1.12 bits per heavy atom. The van der Waals surface area contributed by atoms with Crippen LogP contribution < -0.4 is 0 Å². The van der Waals surface area contributed by atoms with Gasteiger partial charge in [-0.15, -0.1) is 6.58 Å². The third kappa shape index (κ3) is 13.4. The molecule has 0 aromatic rings. The Hall–Kier alpha value is -1.56. The smallest absolute Gasteiger partial charge is 0.00303 e. The van der Waals surface area contributed by atoms with Gasteiger partial charge in [0.2, 0.25) is 0 Å². The predicted molar refractivity (Wildman–Crippen MR) is 158 cm³/mol. The van der Waals surface area contributed by atoms with Crippen molar-refractivity contribution in [3.8, 4) is 0 Å². The van der Waals surface area contributed by atoms with Crippen molar-refractivity contribution < 1.29 is 0 Å². The molecule has 0 bridgehead atoms. The van der Waals surface area contributed by atoms with Gasteiger partial charge in [-0.1, -0.05) is 108 Å². The molecule has 0 N–H and O–H groups in total. The van der Waals surface area contributed by atoms with E-state index in [0.29, 0.717) is 29.6 Å². The number of allylic oxidation sites excluding steroid dienone is 7. The standard InChI is InChI=1S/C34H58/c1-14-34(13,24-22-33(12)32(11)20-18-29(8)26(4)5)23-21-27(6)15-16-30(9)31(10)19-17-28(7)25(2)3/h14,21,23,27-30,33H,1-2,4,10-11,15-20,22,24H2,3,5-9,12-13H3/b23-21+/t27-,28+,29+,30+,33+,34-/m0/s1. The molecule has 0 heterocycles. The minimum Gasteiger partial charge on any atom is -0.102 e. The second kappa shape index (κ2) is 16.2. The van der Waals surface area contributed by atoms with E-state index < -0.39 is 0 Å². The van der Waals surface area contributed by atoms with Crippen molar-refractivity contribution >= 4 is 0 Å². The van der Waals surface area contributed by atoms with E-state index in [-0.39, 0.29) is 5.41 Å². The monoisotopic (exact) mass is 466 g/mol. The summed E-state index contributed by atoms with van der Waals surface area (Å²) in [6.07, 6.45) is 16.2. The molecule has 0 aliphatic rings. The van der Waals surface area contributed by atoms with Crippen molar-refractivity contribution in [2.24, 2.45) is 35.0 Å². The average molecular weight is 467 g/mol. The van der Waals surface area contributed by atoms with Crippen molar-refractivity contribution in [2.75, 3.05) is 0 Å². The number of hydrogen-bond acceptors (Lipinski definition) is 0. The lowest BCUT2D eigenvalue weighted by Gasteiger charge is -2.25. The van der Waals surface area contributed by atoms with Crippen LogP contribution in [0, 0.1) is 35.0 Å². The third-order valence-corrected chi connectivity index (χ3v) is 8.32. The Balaban J connectivity index is 4.58. The van der Waals surface area contributed by atoms with Crippen LogP contribution in [0.2, 0.25) is 0 Å². The van der Waals surface area contributed by atoms with Crippen LogP contribution in [0.15, 0.2) is 73.4 Å². The fourth-order valence-corrected chi connectivity index (χ4v) is 3.97. The zero-order valence-electron chi connectivity index (χ0n) is 24.3. The predicted octanol–water partition coefficient (Wildman–Crippen LogP) is 11.3. The average Bonchev–Trinajstić information content (AvgIpc) is 2.80. The summed E-state index contributed by atoms with van der Waals surface area (Å²) in [6.45, 7) is 39.2. The molecule has 0 radical (unpaired) electrons. The van der Waals surface area contributed by atoms with Gasteiger partial charge in [-0.3, -0.25) is 0 Å². The summed E-state index contributed by atoms with van der Waals surface area (Å²) in [7, 11) is 0. The van der Waals surface area contributed by atoms with Crippen molar-refractivity contribution in [3.63, 3.8) is 0 Å². The highest BCUT2D eigenvalue weighted by atomic mass is 14.2. The van der Waals surface area contributed by atoms with E-state index in [1.54, 1.807) is 0 Å². The second-order valence-corrected chi connectivity index (χ2v) is 11.9. The van der Waals surface area contributed by atoms with Crippen molar-refractivity contribution in [1.82, 2.24) is 0 Å². The van der Waals surface area contributed by atoms with E-state index in [1.165, 1.54) is 41.6 Å². The molecule has 6 atom stereocenters. The maximum absolute atomic E-state index is 4.39. The molecule has 0 saturated heterocycles. The summed E-state index contributed by atoms with van der Waals surface area (Å²) in [5, 5.41) is 0. The zero-order valence-corrected chi connectivity index (χ0v) is 24.3. The van der Waals surface area contributed by atoms with Gasteiger partial charge in [-0.05, 0) is 94.8 Å². The molecular weight excluding hydrogens is 408 g/mol. The minimum absolute atomic E-state index is 0.0433. The number of rotatable bonds is 19. The summed E-state index contributed by atoms with van der Waals surface area (Å²) >= 11 is 0. The molecule has 0 aromatic heterocycles. The summed E-state index contributed by atoms with van der Waals surface area (Å²) < 4.78 is 0. The van der Waals surface area contributed by atoms with E-state index in [0.717, 1.165) is 32.1 Å². The maximum atomic E-state index is 4.39. The molecule has 0 aliphatic heterocycles.